The Hall–Kier alpha value is -2.61. The zero-order valence-electron chi connectivity index (χ0n) is 19.3. The van der Waals surface area contributed by atoms with Crippen LogP contribution in [0.3, 0.4) is 0 Å². The number of aliphatic carboxylic acids is 1. The molecule has 2 unspecified atom stereocenters. The second-order valence-corrected chi connectivity index (χ2v) is 9.20. The van der Waals surface area contributed by atoms with Crippen LogP contribution in [-0.2, 0) is 21.6 Å². The summed E-state index contributed by atoms with van der Waals surface area (Å²) in [6, 6.07) is 15.7. The van der Waals surface area contributed by atoms with Crippen LogP contribution in [-0.4, -0.2) is 28.4 Å². The van der Waals surface area contributed by atoms with Gasteiger partial charge < -0.3 is 14.9 Å². The van der Waals surface area contributed by atoms with Gasteiger partial charge in [0.25, 0.3) is 0 Å². The number of benzene rings is 2. The van der Waals surface area contributed by atoms with Crippen molar-refractivity contribution in [1.82, 2.24) is 0 Å². The van der Waals surface area contributed by atoms with Crippen molar-refractivity contribution in [2.24, 2.45) is 0 Å². The van der Waals surface area contributed by atoms with E-state index >= 15 is 0 Å². The molecule has 0 spiro atoms. The average Bonchev–Trinajstić information content (AvgIpc) is 2.78. The summed E-state index contributed by atoms with van der Waals surface area (Å²) in [5.41, 5.74) is 2.42. The summed E-state index contributed by atoms with van der Waals surface area (Å²) < 4.78 is 5.51. The molecule has 32 heavy (non-hydrogen) atoms. The monoisotopic (exact) mass is 434 g/mol. The third kappa shape index (κ3) is 6.69. The van der Waals surface area contributed by atoms with E-state index in [1.807, 2.05) is 50.2 Å². The lowest BCUT2D eigenvalue weighted by Crippen LogP contribution is -2.29. The largest absolute Gasteiger partial charge is 0.479 e. The van der Waals surface area contributed by atoms with E-state index in [0.29, 0.717) is 5.92 Å². The highest BCUT2D eigenvalue weighted by Gasteiger charge is 2.22. The molecule has 2 aromatic carbocycles. The normalized spacial score (nSPS) is 17.3. The van der Waals surface area contributed by atoms with Crippen LogP contribution in [0.1, 0.15) is 81.0 Å². The van der Waals surface area contributed by atoms with Crippen molar-refractivity contribution >= 4 is 5.97 Å². The molecule has 1 aliphatic rings. The van der Waals surface area contributed by atoms with Crippen molar-refractivity contribution in [3.8, 4) is 11.8 Å². The van der Waals surface area contributed by atoms with E-state index in [-0.39, 0.29) is 12.5 Å². The Balaban J connectivity index is 1.72. The lowest BCUT2D eigenvalue weighted by Gasteiger charge is -2.23. The Morgan fingerprint density at radius 1 is 1.12 bits per heavy atom. The third-order valence-electron chi connectivity index (χ3n) is 6.06. The van der Waals surface area contributed by atoms with Gasteiger partial charge in [-0.3, -0.25) is 0 Å². The van der Waals surface area contributed by atoms with Gasteiger partial charge in [-0.1, -0.05) is 67.5 Å². The third-order valence-corrected chi connectivity index (χ3v) is 6.06. The van der Waals surface area contributed by atoms with Gasteiger partial charge in [0.15, 0.2) is 6.10 Å². The maximum Gasteiger partial charge on any atom is 0.333 e. The fourth-order valence-corrected chi connectivity index (χ4v) is 4.29. The molecule has 4 heteroatoms. The Morgan fingerprint density at radius 3 is 2.44 bits per heavy atom. The molecular formula is C28H34O4. The minimum atomic E-state index is -1.27. The van der Waals surface area contributed by atoms with E-state index < -0.39 is 17.7 Å². The zero-order chi connectivity index (χ0) is 23.1. The molecule has 0 radical (unpaired) electrons. The topological polar surface area (TPSA) is 66.8 Å². The second kappa shape index (κ2) is 10.8. The van der Waals surface area contributed by atoms with Crippen molar-refractivity contribution in [2.75, 3.05) is 0 Å². The standard InChI is InChI=1S/C28H34O4/c1-20(2)32-26(27(29)30)19-22-9-7-8-21(18-22)16-17-28(3,31)25-14-12-24(13-15-25)23-10-5-4-6-11-23/h7-9,12-15,18,20,23,26,31H,4-6,10-11,19H2,1-3H3,(H,29,30). The smallest absolute Gasteiger partial charge is 0.333 e. The first-order valence-electron chi connectivity index (χ1n) is 11.6. The Kier molecular flexibility index (Phi) is 8.12. The van der Waals surface area contributed by atoms with Crippen LogP contribution in [0.25, 0.3) is 0 Å². The van der Waals surface area contributed by atoms with Crippen molar-refractivity contribution in [3.05, 3.63) is 70.8 Å². The molecule has 1 aliphatic carbocycles. The number of carboxylic acid groups (broad SMARTS) is 1. The Bertz CT molecular complexity index is 957. The maximum absolute atomic E-state index is 11.5. The van der Waals surface area contributed by atoms with Crippen LogP contribution < -0.4 is 0 Å². The fourth-order valence-electron chi connectivity index (χ4n) is 4.29. The summed E-state index contributed by atoms with van der Waals surface area (Å²) in [4.78, 5) is 11.5. The van der Waals surface area contributed by atoms with Gasteiger partial charge in [0.2, 0.25) is 0 Å². The predicted molar refractivity (Wildman–Crippen MR) is 127 cm³/mol. The van der Waals surface area contributed by atoms with Crippen molar-refractivity contribution < 1.29 is 19.7 Å². The van der Waals surface area contributed by atoms with E-state index in [2.05, 4.69) is 24.0 Å². The van der Waals surface area contributed by atoms with Crippen LogP contribution in [0.2, 0.25) is 0 Å². The number of hydrogen-bond acceptors (Lipinski definition) is 3. The molecule has 2 N–H and O–H groups in total. The van der Waals surface area contributed by atoms with Crippen LogP contribution >= 0.6 is 0 Å². The molecule has 1 fully saturated rings. The van der Waals surface area contributed by atoms with E-state index in [1.165, 1.54) is 37.7 Å². The van der Waals surface area contributed by atoms with Crippen LogP contribution in [0.4, 0.5) is 0 Å². The molecule has 0 aliphatic heterocycles. The summed E-state index contributed by atoms with van der Waals surface area (Å²) >= 11 is 0. The van der Waals surface area contributed by atoms with Gasteiger partial charge in [0.05, 0.1) is 6.10 Å². The van der Waals surface area contributed by atoms with Gasteiger partial charge in [-0.2, -0.15) is 0 Å². The first kappa shape index (κ1) is 24.0. The number of carboxylic acids is 1. The number of carbonyl (C=O) groups is 1. The molecule has 2 aromatic rings. The predicted octanol–water partition coefficient (Wildman–Crippen LogP) is 5.41. The molecule has 170 valence electrons. The van der Waals surface area contributed by atoms with Crippen LogP contribution in [0.15, 0.2) is 48.5 Å². The lowest BCUT2D eigenvalue weighted by atomic mass is 9.83. The number of rotatable bonds is 7. The quantitative estimate of drug-likeness (QED) is 0.572. The van der Waals surface area contributed by atoms with Crippen LogP contribution in [0.5, 0.6) is 0 Å². The van der Waals surface area contributed by atoms with Gasteiger partial charge in [-0.05, 0) is 68.4 Å². The second-order valence-electron chi connectivity index (χ2n) is 9.20. The highest BCUT2D eigenvalue weighted by Crippen LogP contribution is 2.33. The van der Waals surface area contributed by atoms with Crippen molar-refractivity contribution in [3.63, 3.8) is 0 Å². The summed E-state index contributed by atoms with van der Waals surface area (Å²) in [5.74, 6) is 5.69. The first-order valence-corrected chi connectivity index (χ1v) is 11.6. The zero-order valence-corrected chi connectivity index (χ0v) is 19.3. The SMILES string of the molecule is CC(C)OC(Cc1cccc(C#CC(C)(O)c2ccc(C3CCCCC3)cc2)c1)C(=O)O. The van der Waals surface area contributed by atoms with Gasteiger partial charge in [0.1, 0.15) is 5.60 Å². The molecule has 3 rings (SSSR count). The summed E-state index contributed by atoms with van der Waals surface area (Å²) in [6.45, 7) is 5.35. The molecule has 2 atom stereocenters. The van der Waals surface area contributed by atoms with Crippen molar-refractivity contribution in [1.29, 1.82) is 0 Å². The molecule has 0 heterocycles. The highest BCUT2D eigenvalue weighted by molar-refractivity contribution is 5.72. The van der Waals surface area contributed by atoms with E-state index in [4.69, 9.17) is 4.74 Å². The summed E-state index contributed by atoms with van der Waals surface area (Å²) in [6.07, 6.45) is 5.62. The highest BCUT2D eigenvalue weighted by atomic mass is 16.5. The number of aliphatic hydroxyl groups is 1. The summed E-state index contributed by atoms with van der Waals surface area (Å²) in [7, 11) is 0. The van der Waals surface area contributed by atoms with Crippen molar-refractivity contribution in [2.45, 2.75) is 83.0 Å². The molecule has 0 amide bonds. The Morgan fingerprint density at radius 2 is 1.81 bits per heavy atom. The minimum Gasteiger partial charge on any atom is -0.479 e. The van der Waals surface area contributed by atoms with Gasteiger partial charge in [-0.25, -0.2) is 4.79 Å². The molecule has 0 saturated heterocycles. The molecule has 4 nitrogen and oxygen atoms in total. The average molecular weight is 435 g/mol. The van der Waals surface area contributed by atoms with Gasteiger partial charge >= 0.3 is 5.97 Å². The molecule has 0 bridgehead atoms. The van der Waals surface area contributed by atoms with Gasteiger partial charge in [0, 0.05) is 12.0 Å². The first-order chi connectivity index (χ1) is 15.2. The number of hydrogen-bond donors (Lipinski definition) is 2. The molecular weight excluding hydrogens is 400 g/mol. The number of ether oxygens (including phenoxy) is 1. The van der Waals surface area contributed by atoms with E-state index in [1.54, 1.807) is 6.92 Å². The minimum absolute atomic E-state index is 0.168. The van der Waals surface area contributed by atoms with Crippen LogP contribution in [0, 0.1) is 11.8 Å². The summed E-state index contributed by atoms with van der Waals surface area (Å²) in [5, 5.41) is 20.4. The Labute approximate surface area is 191 Å². The molecule has 1 saturated carbocycles. The lowest BCUT2D eigenvalue weighted by molar-refractivity contribution is -0.153. The molecule has 0 aromatic heterocycles. The van der Waals surface area contributed by atoms with E-state index in [9.17, 15) is 15.0 Å². The van der Waals surface area contributed by atoms with Gasteiger partial charge in [-0.15, -0.1) is 0 Å². The van der Waals surface area contributed by atoms with E-state index in [0.717, 1.165) is 16.7 Å². The maximum atomic E-state index is 11.5. The fraction of sp³-hybridized carbons (Fsp3) is 0.464.